The van der Waals surface area contributed by atoms with Gasteiger partial charge in [-0.15, -0.1) is 11.3 Å². The predicted octanol–water partition coefficient (Wildman–Crippen LogP) is 5.53. The average Bonchev–Trinajstić information content (AvgIpc) is 3.20. The number of nitrogens with zero attached hydrogens (tertiary/aromatic N) is 3. The van der Waals surface area contributed by atoms with Crippen LogP contribution in [0.15, 0.2) is 71.0 Å². The summed E-state index contributed by atoms with van der Waals surface area (Å²) in [6.45, 7) is 4.70. The van der Waals surface area contributed by atoms with E-state index in [0.29, 0.717) is 13.0 Å². The third-order valence-electron chi connectivity index (χ3n) is 5.64. The van der Waals surface area contributed by atoms with E-state index in [1.807, 2.05) is 24.3 Å². The van der Waals surface area contributed by atoms with Gasteiger partial charge in [0.05, 0.1) is 28.3 Å². The Kier molecular flexibility index (Phi) is 4.68. The van der Waals surface area contributed by atoms with E-state index in [0.717, 1.165) is 37.8 Å². The summed E-state index contributed by atoms with van der Waals surface area (Å²) >= 11 is 1.57. The molecule has 0 N–H and O–H groups in total. The third kappa shape index (κ3) is 3.31. The van der Waals surface area contributed by atoms with Crippen LogP contribution in [0.1, 0.15) is 16.8 Å². The van der Waals surface area contributed by atoms with Crippen molar-refractivity contribution < 1.29 is 0 Å². The first-order chi connectivity index (χ1) is 14.6. The first-order valence-corrected chi connectivity index (χ1v) is 10.9. The molecule has 0 amide bonds. The van der Waals surface area contributed by atoms with Crippen molar-refractivity contribution in [3.63, 3.8) is 0 Å². The second-order valence-corrected chi connectivity index (χ2v) is 8.52. The van der Waals surface area contributed by atoms with Crippen LogP contribution >= 0.6 is 11.3 Å². The molecule has 0 aliphatic carbocycles. The lowest BCUT2D eigenvalue weighted by atomic mass is 10.0. The minimum atomic E-state index is -0.0391. The van der Waals surface area contributed by atoms with Crippen molar-refractivity contribution in [3.05, 3.63) is 93.3 Å². The maximum atomic E-state index is 13.3. The molecule has 0 aliphatic heterocycles. The van der Waals surface area contributed by atoms with Crippen LogP contribution in [-0.2, 0) is 13.0 Å². The molecule has 0 saturated heterocycles. The zero-order valence-electron chi connectivity index (χ0n) is 16.9. The van der Waals surface area contributed by atoms with Crippen molar-refractivity contribution in [1.82, 2.24) is 14.8 Å². The highest BCUT2D eigenvalue weighted by atomic mass is 32.1. The number of thiophene rings is 1. The Labute approximate surface area is 178 Å². The molecular formula is C25H21N3OS. The third-order valence-corrected chi connectivity index (χ3v) is 6.55. The summed E-state index contributed by atoms with van der Waals surface area (Å²) in [4.78, 5) is 18.0. The predicted molar refractivity (Wildman–Crippen MR) is 124 cm³/mol. The van der Waals surface area contributed by atoms with E-state index in [4.69, 9.17) is 4.98 Å². The lowest BCUT2D eigenvalue weighted by Gasteiger charge is -2.07. The van der Waals surface area contributed by atoms with E-state index in [2.05, 4.69) is 54.7 Å². The van der Waals surface area contributed by atoms with Crippen molar-refractivity contribution in [1.29, 1.82) is 0 Å². The van der Waals surface area contributed by atoms with E-state index in [-0.39, 0.29) is 5.56 Å². The van der Waals surface area contributed by atoms with Gasteiger partial charge in [-0.1, -0.05) is 42.5 Å². The van der Waals surface area contributed by atoms with Crippen LogP contribution in [-0.4, -0.2) is 14.8 Å². The quantitative estimate of drug-likeness (QED) is 0.390. The summed E-state index contributed by atoms with van der Waals surface area (Å²) in [5, 5.41) is 8.35. The highest BCUT2D eigenvalue weighted by molar-refractivity contribution is 7.17. The zero-order valence-corrected chi connectivity index (χ0v) is 17.7. The highest BCUT2D eigenvalue weighted by Gasteiger charge is 2.14. The van der Waals surface area contributed by atoms with E-state index >= 15 is 0 Å². The van der Waals surface area contributed by atoms with Gasteiger partial charge >= 0.3 is 0 Å². The molecule has 30 heavy (non-hydrogen) atoms. The molecule has 0 bridgehead atoms. The number of fused-ring (bicyclic) bond motifs is 2. The Morgan fingerprint density at radius 1 is 1.00 bits per heavy atom. The van der Waals surface area contributed by atoms with Gasteiger partial charge in [-0.3, -0.25) is 9.78 Å². The van der Waals surface area contributed by atoms with Crippen LogP contribution < -0.4 is 5.56 Å². The summed E-state index contributed by atoms with van der Waals surface area (Å²) < 4.78 is 2.49. The zero-order chi connectivity index (χ0) is 20.7. The van der Waals surface area contributed by atoms with Gasteiger partial charge in [0.15, 0.2) is 0 Å². The summed E-state index contributed by atoms with van der Waals surface area (Å²) in [5.74, 6) is 0. The Hall–Kier alpha value is -3.31. The Morgan fingerprint density at radius 3 is 2.73 bits per heavy atom. The maximum absolute atomic E-state index is 13.3. The summed E-state index contributed by atoms with van der Waals surface area (Å²) in [6.07, 6.45) is 2.46. The molecule has 0 saturated carbocycles. The molecule has 0 fully saturated rings. The molecule has 0 radical (unpaired) electrons. The van der Waals surface area contributed by atoms with Crippen molar-refractivity contribution >= 4 is 32.3 Å². The smallest absolute Gasteiger partial charge is 0.267 e. The van der Waals surface area contributed by atoms with Gasteiger partial charge in [0.2, 0.25) is 0 Å². The largest absolute Gasteiger partial charge is 0.276 e. The van der Waals surface area contributed by atoms with Crippen molar-refractivity contribution in [2.75, 3.05) is 0 Å². The lowest BCUT2D eigenvalue weighted by molar-refractivity contribution is 0.580. The Balaban J connectivity index is 1.49. The van der Waals surface area contributed by atoms with Gasteiger partial charge in [0.1, 0.15) is 0 Å². The van der Waals surface area contributed by atoms with E-state index in [1.54, 1.807) is 22.2 Å². The molecular weight excluding hydrogens is 390 g/mol. The highest BCUT2D eigenvalue weighted by Crippen LogP contribution is 2.32. The SMILES string of the molecule is Cc1ccc(-c2csc3cnn(CCc4ccc5ccccc5n4)c(=O)c23)cc1C. The molecule has 0 aliphatic rings. The standard InChI is InChI=1S/C25H21N3OS/c1-16-7-8-19(13-17(16)2)21-15-30-23-14-26-28(25(29)24(21)23)12-11-20-10-9-18-5-3-4-6-22(18)27-20/h3-10,13-15H,11-12H2,1-2H3. The van der Waals surface area contributed by atoms with E-state index in [1.165, 1.54) is 11.1 Å². The fourth-order valence-corrected chi connectivity index (χ4v) is 4.66. The molecule has 148 valence electrons. The fraction of sp³-hybridized carbons (Fsp3) is 0.160. The van der Waals surface area contributed by atoms with Crippen LogP contribution in [0.3, 0.4) is 0 Å². The lowest BCUT2D eigenvalue weighted by Crippen LogP contribution is -2.23. The average molecular weight is 412 g/mol. The normalized spacial score (nSPS) is 11.4. The number of benzene rings is 2. The van der Waals surface area contributed by atoms with Gasteiger partial charge in [-0.05, 0) is 42.7 Å². The number of para-hydroxylation sites is 1. The molecule has 3 heterocycles. The van der Waals surface area contributed by atoms with Gasteiger partial charge in [-0.2, -0.15) is 5.10 Å². The minimum Gasteiger partial charge on any atom is -0.267 e. The van der Waals surface area contributed by atoms with Crippen molar-refractivity contribution in [2.24, 2.45) is 0 Å². The fourth-order valence-electron chi connectivity index (χ4n) is 3.74. The minimum absolute atomic E-state index is 0.0391. The molecule has 5 rings (SSSR count). The van der Waals surface area contributed by atoms with Gasteiger partial charge in [0, 0.05) is 28.4 Å². The van der Waals surface area contributed by atoms with Crippen LogP contribution in [0.4, 0.5) is 0 Å². The van der Waals surface area contributed by atoms with Gasteiger partial charge in [0.25, 0.3) is 5.56 Å². The maximum Gasteiger partial charge on any atom is 0.276 e. The number of aryl methyl sites for hydroxylation is 4. The Morgan fingerprint density at radius 2 is 1.87 bits per heavy atom. The van der Waals surface area contributed by atoms with E-state index in [9.17, 15) is 4.79 Å². The summed E-state index contributed by atoms with van der Waals surface area (Å²) in [6, 6.07) is 18.5. The molecule has 0 unspecified atom stereocenters. The van der Waals surface area contributed by atoms with E-state index < -0.39 is 0 Å². The second kappa shape index (κ2) is 7.50. The molecule has 3 aromatic heterocycles. The number of aromatic nitrogens is 3. The molecule has 0 atom stereocenters. The van der Waals surface area contributed by atoms with Crippen molar-refractivity contribution in [2.45, 2.75) is 26.8 Å². The molecule has 0 spiro atoms. The number of pyridine rings is 1. The van der Waals surface area contributed by atoms with Crippen LogP contribution in [0.25, 0.3) is 32.1 Å². The van der Waals surface area contributed by atoms with Crippen molar-refractivity contribution in [3.8, 4) is 11.1 Å². The topological polar surface area (TPSA) is 47.8 Å². The molecule has 2 aromatic carbocycles. The van der Waals surface area contributed by atoms with Gasteiger partial charge < -0.3 is 0 Å². The summed E-state index contributed by atoms with van der Waals surface area (Å²) in [7, 11) is 0. The summed E-state index contributed by atoms with van der Waals surface area (Å²) in [5.41, 5.74) is 6.44. The van der Waals surface area contributed by atoms with Gasteiger partial charge in [-0.25, -0.2) is 4.68 Å². The van der Waals surface area contributed by atoms with Crippen LogP contribution in [0.2, 0.25) is 0 Å². The Bertz CT molecular complexity index is 1450. The molecule has 5 heteroatoms. The number of hydrogen-bond donors (Lipinski definition) is 0. The monoisotopic (exact) mass is 411 g/mol. The second-order valence-electron chi connectivity index (χ2n) is 7.61. The first kappa shape index (κ1) is 18.7. The van der Waals surface area contributed by atoms with Crippen LogP contribution in [0, 0.1) is 13.8 Å². The number of hydrogen-bond acceptors (Lipinski definition) is 4. The molecule has 5 aromatic rings. The van der Waals surface area contributed by atoms with Crippen LogP contribution in [0.5, 0.6) is 0 Å². The first-order valence-electron chi connectivity index (χ1n) is 10.00. The molecule has 4 nitrogen and oxygen atoms in total. The number of rotatable bonds is 4.